The Labute approximate surface area is 141 Å². The van der Waals surface area contributed by atoms with Crippen molar-refractivity contribution >= 4 is 23.4 Å². The zero-order valence-electron chi connectivity index (χ0n) is 14.0. The SMILES string of the molecule is CCc1cccc(CC)c1NC(=O)CSc1nnc(C)c(C)n1. The van der Waals surface area contributed by atoms with Crippen molar-refractivity contribution in [3.05, 3.63) is 40.7 Å². The van der Waals surface area contributed by atoms with E-state index in [1.807, 2.05) is 19.9 Å². The molecule has 1 heterocycles. The van der Waals surface area contributed by atoms with E-state index in [-0.39, 0.29) is 11.7 Å². The van der Waals surface area contributed by atoms with Crippen LogP contribution in [0.3, 0.4) is 0 Å². The molecule has 0 aliphatic rings. The minimum atomic E-state index is -0.0487. The van der Waals surface area contributed by atoms with E-state index in [4.69, 9.17) is 0 Å². The zero-order chi connectivity index (χ0) is 16.8. The molecule has 2 aromatic rings. The number of para-hydroxylation sites is 1. The third-order valence-corrected chi connectivity index (χ3v) is 4.51. The summed E-state index contributed by atoms with van der Waals surface area (Å²) in [7, 11) is 0. The molecule has 0 fully saturated rings. The minimum absolute atomic E-state index is 0.0487. The number of nitrogens with zero attached hydrogens (tertiary/aromatic N) is 3. The van der Waals surface area contributed by atoms with E-state index in [0.717, 1.165) is 41.0 Å². The third-order valence-electron chi connectivity index (χ3n) is 3.67. The third kappa shape index (κ3) is 4.51. The van der Waals surface area contributed by atoms with Crippen molar-refractivity contribution in [3.8, 4) is 0 Å². The van der Waals surface area contributed by atoms with E-state index >= 15 is 0 Å². The molecule has 0 saturated heterocycles. The van der Waals surface area contributed by atoms with Crippen molar-refractivity contribution in [2.24, 2.45) is 0 Å². The van der Waals surface area contributed by atoms with Crippen molar-refractivity contribution in [2.75, 3.05) is 11.1 Å². The first-order valence-corrected chi connectivity index (χ1v) is 8.75. The molecule has 0 unspecified atom stereocenters. The maximum absolute atomic E-state index is 12.3. The molecule has 0 saturated carbocycles. The van der Waals surface area contributed by atoms with E-state index < -0.39 is 0 Å². The summed E-state index contributed by atoms with van der Waals surface area (Å²) in [5.41, 5.74) is 4.91. The Morgan fingerprint density at radius 2 is 1.74 bits per heavy atom. The normalized spacial score (nSPS) is 10.6. The molecular weight excluding hydrogens is 308 g/mol. The molecular formula is C17H22N4OS. The van der Waals surface area contributed by atoms with Crippen LogP contribution in [0.25, 0.3) is 0 Å². The Morgan fingerprint density at radius 3 is 2.30 bits per heavy atom. The highest BCUT2D eigenvalue weighted by molar-refractivity contribution is 7.99. The molecule has 0 spiro atoms. The van der Waals surface area contributed by atoms with Crippen molar-refractivity contribution < 1.29 is 4.79 Å². The first-order valence-electron chi connectivity index (χ1n) is 7.76. The van der Waals surface area contributed by atoms with Gasteiger partial charge in [-0.2, -0.15) is 5.10 Å². The molecule has 0 radical (unpaired) electrons. The van der Waals surface area contributed by atoms with Gasteiger partial charge in [-0.1, -0.05) is 43.8 Å². The number of hydrogen-bond donors (Lipinski definition) is 1. The van der Waals surface area contributed by atoms with Crippen LogP contribution in [0.5, 0.6) is 0 Å². The summed E-state index contributed by atoms with van der Waals surface area (Å²) in [6.45, 7) is 7.94. The first-order chi connectivity index (χ1) is 11.0. The van der Waals surface area contributed by atoms with Crippen LogP contribution in [0.15, 0.2) is 23.4 Å². The minimum Gasteiger partial charge on any atom is -0.325 e. The molecule has 1 aromatic heterocycles. The standard InChI is InChI=1S/C17H22N4OS/c1-5-13-8-7-9-14(6-2)16(13)19-15(22)10-23-17-18-11(3)12(4)20-21-17/h7-9H,5-6,10H2,1-4H3,(H,19,22). The highest BCUT2D eigenvalue weighted by Gasteiger charge is 2.11. The van der Waals surface area contributed by atoms with E-state index in [2.05, 4.69) is 46.5 Å². The number of nitrogens with one attached hydrogen (secondary N) is 1. The average Bonchev–Trinajstić information content (AvgIpc) is 2.56. The Bertz CT molecular complexity index is 681. The Kier molecular flexibility index (Phi) is 6.10. The number of aryl methyl sites for hydroxylation is 4. The Hall–Kier alpha value is -1.95. The van der Waals surface area contributed by atoms with Crippen LogP contribution < -0.4 is 5.32 Å². The van der Waals surface area contributed by atoms with Crippen molar-refractivity contribution in [1.29, 1.82) is 0 Å². The molecule has 23 heavy (non-hydrogen) atoms. The van der Waals surface area contributed by atoms with Crippen molar-refractivity contribution in [1.82, 2.24) is 15.2 Å². The van der Waals surface area contributed by atoms with Crippen LogP contribution in [0, 0.1) is 13.8 Å². The molecule has 1 aromatic carbocycles. The second kappa shape index (κ2) is 8.06. The summed E-state index contributed by atoms with van der Waals surface area (Å²) in [6, 6.07) is 6.15. The summed E-state index contributed by atoms with van der Waals surface area (Å²) in [5.74, 6) is 0.221. The smallest absolute Gasteiger partial charge is 0.234 e. The number of benzene rings is 1. The average molecular weight is 330 g/mol. The highest BCUT2D eigenvalue weighted by Crippen LogP contribution is 2.23. The molecule has 5 nitrogen and oxygen atoms in total. The van der Waals surface area contributed by atoms with Crippen LogP contribution in [-0.4, -0.2) is 26.8 Å². The van der Waals surface area contributed by atoms with Gasteiger partial charge < -0.3 is 5.32 Å². The largest absolute Gasteiger partial charge is 0.325 e. The van der Waals surface area contributed by atoms with Gasteiger partial charge in [-0.25, -0.2) is 4.98 Å². The second-order valence-electron chi connectivity index (χ2n) is 5.26. The second-order valence-corrected chi connectivity index (χ2v) is 6.20. The van der Waals surface area contributed by atoms with Gasteiger partial charge in [-0.15, -0.1) is 5.10 Å². The zero-order valence-corrected chi connectivity index (χ0v) is 14.8. The van der Waals surface area contributed by atoms with Gasteiger partial charge in [0.1, 0.15) is 0 Å². The van der Waals surface area contributed by atoms with Gasteiger partial charge in [-0.3, -0.25) is 4.79 Å². The molecule has 2 rings (SSSR count). The Morgan fingerprint density at radius 1 is 1.09 bits per heavy atom. The summed E-state index contributed by atoms with van der Waals surface area (Å²) in [6.07, 6.45) is 1.78. The van der Waals surface area contributed by atoms with Gasteiger partial charge in [0, 0.05) is 5.69 Å². The van der Waals surface area contributed by atoms with Crippen molar-refractivity contribution in [2.45, 2.75) is 45.7 Å². The maximum atomic E-state index is 12.3. The van der Waals surface area contributed by atoms with Crippen LogP contribution in [0.4, 0.5) is 5.69 Å². The molecule has 122 valence electrons. The summed E-state index contributed by atoms with van der Waals surface area (Å²) in [5, 5.41) is 11.6. The number of carbonyl (C=O) groups is 1. The predicted molar refractivity (Wildman–Crippen MR) is 93.9 cm³/mol. The molecule has 6 heteroatoms. The van der Waals surface area contributed by atoms with Gasteiger partial charge in [0.15, 0.2) is 0 Å². The topological polar surface area (TPSA) is 67.8 Å². The predicted octanol–water partition coefficient (Wildman–Crippen LogP) is 3.34. The van der Waals surface area contributed by atoms with Crippen LogP contribution in [0.2, 0.25) is 0 Å². The van der Waals surface area contributed by atoms with E-state index in [0.29, 0.717) is 5.16 Å². The number of thioether (sulfide) groups is 1. The molecule has 0 atom stereocenters. The fourth-order valence-corrected chi connectivity index (χ4v) is 2.84. The molecule has 0 bridgehead atoms. The monoisotopic (exact) mass is 330 g/mol. The molecule has 1 N–H and O–H groups in total. The van der Waals surface area contributed by atoms with E-state index in [1.165, 1.54) is 11.8 Å². The maximum Gasteiger partial charge on any atom is 0.234 e. The first kappa shape index (κ1) is 17.4. The lowest BCUT2D eigenvalue weighted by Crippen LogP contribution is -2.17. The lowest BCUT2D eigenvalue weighted by molar-refractivity contribution is -0.113. The lowest BCUT2D eigenvalue weighted by atomic mass is 10.0. The quantitative estimate of drug-likeness (QED) is 0.823. The fourth-order valence-electron chi connectivity index (χ4n) is 2.21. The van der Waals surface area contributed by atoms with Gasteiger partial charge in [0.2, 0.25) is 11.1 Å². The molecule has 0 aliphatic carbocycles. The highest BCUT2D eigenvalue weighted by atomic mass is 32.2. The van der Waals surface area contributed by atoms with E-state index in [1.54, 1.807) is 0 Å². The number of aromatic nitrogens is 3. The Balaban J connectivity index is 2.04. The van der Waals surface area contributed by atoms with Gasteiger partial charge >= 0.3 is 0 Å². The fraction of sp³-hybridized carbons (Fsp3) is 0.412. The molecule has 1 amide bonds. The number of hydrogen-bond acceptors (Lipinski definition) is 5. The van der Waals surface area contributed by atoms with Crippen LogP contribution in [-0.2, 0) is 17.6 Å². The summed E-state index contributed by atoms with van der Waals surface area (Å²) in [4.78, 5) is 16.6. The van der Waals surface area contributed by atoms with Crippen LogP contribution in [0.1, 0.15) is 36.4 Å². The van der Waals surface area contributed by atoms with Crippen molar-refractivity contribution in [3.63, 3.8) is 0 Å². The lowest BCUT2D eigenvalue weighted by Gasteiger charge is -2.14. The van der Waals surface area contributed by atoms with Gasteiger partial charge in [0.05, 0.1) is 17.1 Å². The van der Waals surface area contributed by atoms with E-state index in [9.17, 15) is 4.79 Å². The summed E-state index contributed by atoms with van der Waals surface area (Å²) < 4.78 is 0. The van der Waals surface area contributed by atoms with Crippen LogP contribution >= 0.6 is 11.8 Å². The molecule has 0 aliphatic heterocycles. The van der Waals surface area contributed by atoms with Gasteiger partial charge in [0.25, 0.3) is 0 Å². The number of rotatable bonds is 6. The summed E-state index contributed by atoms with van der Waals surface area (Å²) >= 11 is 1.30. The number of anilines is 1. The number of amides is 1. The number of carbonyl (C=O) groups excluding carboxylic acids is 1. The van der Waals surface area contributed by atoms with Gasteiger partial charge in [-0.05, 0) is 37.8 Å².